The molecule has 140 valence electrons. The number of carbonyl (C=O) groups excluding carboxylic acids is 1. The van der Waals surface area contributed by atoms with Gasteiger partial charge in [0, 0.05) is 23.0 Å². The van der Waals surface area contributed by atoms with Gasteiger partial charge in [-0.15, -0.1) is 0 Å². The number of hydrogen-bond donors (Lipinski definition) is 2. The van der Waals surface area contributed by atoms with Crippen LogP contribution in [0, 0.1) is 20.2 Å². The molecule has 2 N–H and O–H groups in total. The number of hydrogen-bond acceptors (Lipinski definition) is 6. The fraction of sp³-hybridized carbons (Fsp3) is 0. The van der Waals surface area contributed by atoms with Crippen LogP contribution < -0.4 is 10.6 Å². The van der Waals surface area contributed by atoms with E-state index in [2.05, 4.69) is 10.6 Å². The van der Waals surface area contributed by atoms with Crippen molar-refractivity contribution in [2.75, 3.05) is 10.6 Å². The van der Waals surface area contributed by atoms with Gasteiger partial charge in [0.2, 0.25) is 0 Å². The predicted octanol–water partition coefficient (Wildman–Crippen LogP) is 4.50. The van der Waals surface area contributed by atoms with E-state index in [0.717, 1.165) is 6.07 Å². The lowest BCUT2D eigenvalue weighted by atomic mass is 10.1. The van der Waals surface area contributed by atoms with E-state index >= 15 is 0 Å². The molecule has 0 fully saturated rings. The van der Waals surface area contributed by atoms with Crippen molar-refractivity contribution in [1.29, 1.82) is 0 Å². The Bertz CT molecular complexity index is 1040. The van der Waals surface area contributed by atoms with Crippen molar-refractivity contribution in [1.82, 2.24) is 0 Å². The Morgan fingerprint density at radius 3 is 2.07 bits per heavy atom. The molecule has 3 rings (SSSR count). The number of benzene rings is 3. The minimum Gasteiger partial charge on any atom is -0.350 e. The third kappa shape index (κ3) is 4.28. The summed E-state index contributed by atoms with van der Waals surface area (Å²) in [5.41, 5.74) is 0.888. The minimum absolute atomic E-state index is 0.108. The van der Waals surface area contributed by atoms with Crippen LogP contribution in [-0.4, -0.2) is 15.8 Å². The van der Waals surface area contributed by atoms with Crippen molar-refractivity contribution in [2.45, 2.75) is 0 Å². The first kappa shape index (κ1) is 18.5. The van der Waals surface area contributed by atoms with Crippen LogP contribution in [0.25, 0.3) is 0 Å². The third-order valence-corrected chi connectivity index (χ3v) is 3.85. The van der Waals surface area contributed by atoms with Crippen LogP contribution in [-0.2, 0) is 0 Å². The molecule has 0 saturated heterocycles. The quantitative estimate of drug-likeness (QED) is 0.480. The van der Waals surface area contributed by atoms with Gasteiger partial charge in [0.05, 0.1) is 15.9 Å². The maximum atomic E-state index is 12.2. The van der Waals surface area contributed by atoms with E-state index in [9.17, 15) is 25.0 Å². The number of para-hydroxylation sites is 1. The van der Waals surface area contributed by atoms with Crippen LogP contribution in [0.3, 0.4) is 0 Å². The SMILES string of the molecule is O=C(Nc1ccccc1)c1ccc(Nc2ccc([N+](=O)[O-])cc2[N+](=O)[O-])cc1. The lowest BCUT2D eigenvalue weighted by Gasteiger charge is -2.09. The molecule has 3 aromatic carbocycles. The number of amides is 1. The number of carbonyl (C=O) groups is 1. The van der Waals surface area contributed by atoms with E-state index in [1.54, 1.807) is 48.5 Å². The lowest BCUT2D eigenvalue weighted by Crippen LogP contribution is -2.11. The molecule has 9 heteroatoms. The topological polar surface area (TPSA) is 127 Å². The summed E-state index contributed by atoms with van der Waals surface area (Å²) in [6.07, 6.45) is 0. The number of nitrogens with zero attached hydrogens (tertiary/aromatic N) is 2. The van der Waals surface area contributed by atoms with E-state index < -0.39 is 15.5 Å². The molecule has 0 aliphatic rings. The summed E-state index contributed by atoms with van der Waals surface area (Å²) >= 11 is 0. The largest absolute Gasteiger partial charge is 0.350 e. The molecule has 0 aliphatic heterocycles. The lowest BCUT2D eigenvalue weighted by molar-refractivity contribution is -0.393. The molecule has 1 amide bonds. The molecule has 0 aliphatic carbocycles. The predicted molar refractivity (Wildman–Crippen MR) is 104 cm³/mol. The number of anilines is 3. The van der Waals surface area contributed by atoms with Gasteiger partial charge in [0.1, 0.15) is 5.69 Å². The molecule has 0 saturated carbocycles. The van der Waals surface area contributed by atoms with Crippen LogP contribution in [0.1, 0.15) is 10.4 Å². The van der Waals surface area contributed by atoms with Crippen molar-refractivity contribution in [3.8, 4) is 0 Å². The van der Waals surface area contributed by atoms with Crippen molar-refractivity contribution in [3.05, 3.63) is 98.6 Å². The molecule has 9 nitrogen and oxygen atoms in total. The van der Waals surface area contributed by atoms with Gasteiger partial charge in [0.15, 0.2) is 0 Å². The van der Waals surface area contributed by atoms with Gasteiger partial charge in [-0.2, -0.15) is 0 Å². The van der Waals surface area contributed by atoms with Crippen molar-refractivity contribution in [3.63, 3.8) is 0 Å². The second-order valence-corrected chi connectivity index (χ2v) is 5.74. The molecule has 0 bridgehead atoms. The summed E-state index contributed by atoms with van der Waals surface area (Å²) in [5, 5.41) is 27.6. The zero-order valence-electron chi connectivity index (χ0n) is 14.4. The first-order valence-corrected chi connectivity index (χ1v) is 8.10. The summed E-state index contributed by atoms with van der Waals surface area (Å²) in [6.45, 7) is 0. The van der Waals surface area contributed by atoms with Crippen LogP contribution in [0.15, 0.2) is 72.8 Å². The van der Waals surface area contributed by atoms with E-state index in [-0.39, 0.29) is 17.3 Å². The van der Waals surface area contributed by atoms with Gasteiger partial charge in [-0.05, 0) is 42.5 Å². The Morgan fingerprint density at radius 1 is 0.786 bits per heavy atom. The Labute approximate surface area is 158 Å². The van der Waals surface area contributed by atoms with Crippen molar-refractivity contribution < 1.29 is 14.6 Å². The number of nitro groups is 2. The zero-order valence-corrected chi connectivity index (χ0v) is 14.4. The molecule has 0 aromatic heterocycles. The maximum Gasteiger partial charge on any atom is 0.299 e. The number of nitro benzene ring substituents is 2. The highest BCUT2D eigenvalue weighted by atomic mass is 16.6. The van der Waals surface area contributed by atoms with E-state index in [4.69, 9.17) is 0 Å². The first-order valence-electron chi connectivity index (χ1n) is 8.10. The molecule has 0 unspecified atom stereocenters. The van der Waals surface area contributed by atoms with Gasteiger partial charge >= 0.3 is 0 Å². The highest BCUT2D eigenvalue weighted by molar-refractivity contribution is 6.04. The Kier molecular flexibility index (Phi) is 5.26. The van der Waals surface area contributed by atoms with Crippen molar-refractivity contribution in [2.24, 2.45) is 0 Å². The van der Waals surface area contributed by atoms with Crippen LogP contribution in [0.2, 0.25) is 0 Å². The highest BCUT2D eigenvalue weighted by Crippen LogP contribution is 2.31. The minimum atomic E-state index is -0.697. The van der Waals surface area contributed by atoms with Crippen molar-refractivity contribution >= 4 is 34.3 Å². The maximum absolute atomic E-state index is 12.2. The monoisotopic (exact) mass is 378 g/mol. The fourth-order valence-electron chi connectivity index (χ4n) is 2.48. The van der Waals surface area contributed by atoms with E-state index in [0.29, 0.717) is 16.9 Å². The normalized spacial score (nSPS) is 10.1. The van der Waals surface area contributed by atoms with E-state index in [1.807, 2.05) is 6.07 Å². The molecule has 28 heavy (non-hydrogen) atoms. The standard InChI is InChI=1S/C19H14N4O5/c24-19(21-14-4-2-1-3-5-14)13-6-8-15(9-7-13)20-17-11-10-16(22(25)26)12-18(17)23(27)28/h1-12,20H,(H,21,24). The number of nitrogens with one attached hydrogen (secondary N) is 2. The van der Waals surface area contributed by atoms with Crippen LogP contribution in [0.4, 0.5) is 28.4 Å². The second kappa shape index (κ2) is 7.96. The number of non-ortho nitro benzene ring substituents is 1. The average molecular weight is 378 g/mol. The molecule has 3 aromatic rings. The highest BCUT2D eigenvalue weighted by Gasteiger charge is 2.19. The summed E-state index contributed by atoms with van der Waals surface area (Å²) in [7, 11) is 0. The number of rotatable bonds is 6. The molecule has 0 spiro atoms. The smallest absolute Gasteiger partial charge is 0.299 e. The fourth-order valence-corrected chi connectivity index (χ4v) is 2.48. The van der Waals surface area contributed by atoms with Crippen LogP contribution in [0.5, 0.6) is 0 Å². The van der Waals surface area contributed by atoms with Crippen LogP contribution >= 0.6 is 0 Å². The van der Waals surface area contributed by atoms with Gasteiger partial charge in [-0.3, -0.25) is 25.0 Å². The summed E-state index contributed by atoms with van der Waals surface area (Å²) in [5.74, 6) is -0.293. The summed E-state index contributed by atoms with van der Waals surface area (Å²) in [6, 6.07) is 18.6. The van der Waals surface area contributed by atoms with Gasteiger partial charge in [0.25, 0.3) is 17.3 Å². The van der Waals surface area contributed by atoms with Gasteiger partial charge < -0.3 is 10.6 Å². The zero-order chi connectivity index (χ0) is 20.1. The molecule has 0 heterocycles. The second-order valence-electron chi connectivity index (χ2n) is 5.74. The Hall–Kier alpha value is -4.27. The van der Waals surface area contributed by atoms with Gasteiger partial charge in [-0.25, -0.2) is 0 Å². The summed E-state index contributed by atoms with van der Waals surface area (Å²) < 4.78 is 0. The molecule has 0 radical (unpaired) electrons. The average Bonchev–Trinajstić information content (AvgIpc) is 2.69. The first-order chi connectivity index (χ1) is 13.4. The molecule has 0 atom stereocenters. The summed E-state index contributed by atoms with van der Waals surface area (Å²) in [4.78, 5) is 32.8. The van der Waals surface area contributed by atoms with E-state index in [1.165, 1.54) is 12.1 Å². The molecular formula is C19H14N4O5. The Morgan fingerprint density at radius 2 is 1.46 bits per heavy atom. The Balaban J connectivity index is 1.76. The molecular weight excluding hydrogens is 364 g/mol. The van der Waals surface area contributed by atoms with Gasteiger partial charge in [-0.1, -0.05) is 18.2 Å². The third-order valence-electron chi connectivity index (χ3n) is 3.85.